The van der Waals surface area contributed by atoms with Crippen LogP contribution in [0.3, 0.4) is 0 Å². The van der Waals surface area contributed by atoms with E-state index in [0.717, 1.165) is 53.3 Å². The SMILES string of the molecule is CCCNc1nc(C2CCCO2)nc(C)c1I. The lowest BCUT2D eigenvalue weighted by molar-refractivity contribution is 0.105. The average molecular weight is 347 g/mol. The molecule has 2 rings (SSSR count). The molecule has 0 aromatic carbocycles. The highest BCUT2D eigenvalue weighted by Crippen LogP contribution is 2.28. The highest BCUT2D eigenvalue weighted by atomic mass is 127. The van der Waals surface area contributed by atoms with Gasteiger partial charge < -0.3 is 10.1 Å². The summed E-state index contributed by atoms with van der Waals surface area (Å²) in [5.74, 6) is 1.78. The minimum absolute atomic E-state index is 0.0906. The summed E-state index contributed by atoms with van der Waals surface area (Å²) in [6.07, 6.45) is 3.33. The van der Waals surface area contributed by atoms with E-state index in [2.05, 4.69) is 44.8 Å². The smallest absolute Gasteiger partial charge is 0.159 e. The Bertz CT molecular complexity index is 392. The van der Waals surface area contributed by atoms with Gasteiger partial charge in [0.2, 0.25) is 0 Å². The van der Waals surface area contributed by atoms with Gasteiger partial charge in [-0.25, -0.2) is 9.97 Å². The molecule has 5 heteroatoms. The van der Waals surface area contributed by atoms with E-state index in [-0.39, 0.29) is 6.10 Å². The number of anilines is 1. The van der Waals surface area contributed by atoms with Crippen molar-refractivity contribution in [1.82, 2.24) is 9.97 Å². The zero-order valence-electron chi connectivity index (χ0n) is 10.3. The molecule has 0 amide bonds. The summed E-state index contributed by atoms with van der Waals surface area (Å²) in [5, 5.41) is 3.35. The molecule has 0 saturated carbocycles. The molecule has 1 atom stereocenters. The monoisotopic (exact) mass is 347 g/mol. The summed E-state index contributed by atoms with van der Waals surface area (Å²) in [5.41, 5.74) is 1.03. The van der Waals surface area contributed by atoms with E-state index in [9.17, 15) is 0 Å². The Hall–Kier alpha value is -0.430. The summed E-state index contributed by atoms with van der Waals surface area (Å²) >= 11 is 2.30. The molecule has 1 fully saturated rings. The van der Waals surface area contributed by atoms with Crippen molar-refractivity contribution in [3.63, 3.8) is 0 Å². The number of rotatable bonds is 4. The van der Waals surface area contributed by atoms with Gasteiger partial charge in [0.25, 0.3) is 0 Å². The third-order valence-corrected chi connectivity index (χ3v) is 4.09. The third-order valence-electron chi connectivity index (χ3n) is 2.79. The molecule has 2 heterocycles. The van der Waals surface area contributed by atoms with Gasteiger partial charge in [0.15, 0.2) is 5.82 Å². The van der Waals surface area contributed by atoms with Gasteiger partial charge in [0.05, 0.1) is 9.26 Å². The number of halogens is 1. The van der Waals surface area contributed by atoms with Crippen LogP contribution < -0.4 is 5.32 Å². The first-order valence-electron chi connectivity index (χ1n) is 6.12. The van der Waals surface area contributed by atoms with Crippen molar-refractivity contribution >= 4 is 28.4 Å². The van der Waals surface area contributed by atoms with Crippen LogP contribution in [0.25, 0.3) is 0 Å². The molecule has 1 aromatic heterocycles. The van der Waals surface area contributed by atoms with E-state index >= 15 is 0 Å². The predicted molar refractivity (Wildman–Crippen MR) is 76.2 cm³/mol. The van der Waals surface area contributed by atoms with E-state index < -0.39 is 0 Å². The maximum atomic E-state index is 5.64. The van der Waals surface area contributed by atoms with Crippen LogP contribution >= 0.6 is 22.6 Å². The molecule has 0 radical (unpaired) electrons. The van der Waals surface area contributed by atoms with Crippen molar-refractivity contribution in [2.24, 2.45) is 0 Å². The van der Waals surface area contributed by atoms with Gasteiger partial charge in [-0.1, -0.05) is 6.92 Å². The first-order chi connectivity index (χ1) is 8.22. The molecule has 1 saturated heterocycles. The fourth-order valence-electron chi connectivity index (χ4n) is 1.87. The molecule has 17 heavy (non-hydrogen) atoms. The van der Waals surface area contributed by atoms with Crippen molar-refractivity contribution in [3.05, 3.63) is 15.1 Å². The second kappa shape index (κ2) is 5.95. The number of nitrogens with zero attached hydrogens (tertiary/aromatic N) is 2. The number of ether oxygens (including phenoxy) is 1. The molecule has 1 aromatic rings. The molecule has 0 aliphatic carbocycles. The summed E-state index contributed by atoms with van der Waals surface area (Å²) in [4.78, 5) is 9.14. The molecule has 0 bridgehead atoms. The van der Waals surface area contributed by atoms with Crippen LogP contribution in [-0.2, 0) is 4.74 Å². The lowest BCUT2D eigenvalue weighted by Gasteiger charge is -2.13. The number of aryl methyl sites for hydroxylation is 1. The topological polar surface area (TPSA) is 47.0 Å². The molecule has 1 N–H and O–H groups in total. The zero-order chi connectivity index (χ0) is 12.3. The lowest BCUT2D eigenvalue weighted by atomic mass is 10.2. The Morgan fingerprint density at radius 2 is 2.29 bits per heavy atom. The van der Waals surface area contributed by atoms with Crippen LogP contribution in [0.2, 0.25) is 0 Å². The number of nitrogens with one attached hydrogen (secondary N) is 1. The summed E-state index contributed by atoms with van der Waals surface area (Å²) in [6, 6.07) is 0. The minimum atomic E-state index is 0.0906. The standard InChI is InChI=1S/C12H18IN3O/c1-3-6-14-12-10(13)8(2)15-11(16-12)9-5-4-7-17-9/h9H,3-7H2,1-2H3,(H,14,15,16). The van der Waals surface area contributed by atoms with Crippen LogP contribution in [0.4, 0.5) is 5.82 Å². The van der Waals surface area contributed by atoms with Crippen molar-refractivity contribution in [1.29, 1.82) is 0 Å². The molecule has 94 valence electrons. The normalized spacial score (nSPS) is 19.6. The summed E-state index contributed by atoms with van der Waals surface area (Å²) < 4.78 is 6.75. The van der Waals surface area contributed by atoms with Crippen molar-refractivity contribution < 1.29 is 4.74 Å². The Balaban J connectivity index is 2.24. The highest BCUT2D eigenvalue weighted by molar-refractivity contribution is 14.1. The molecule has 1 unspecified atom stereocenters. The second-order valence-corrected chi connectivity index (χ2v) is 5.34. The van der Waals surface area contributed by atoms with Gasteiger partial charge in [-0.3, -0.25) is 0 Å². The van der Waals surface area contributed by atoms with Crippen LogP contribution in [0.1, 0.15) is 43.8 Å². The molecule has 0 spiro atoms. The molecule has 1 aliphatic rings. The Morgan fingerprint density at radius 3 is 2.94 bits per heavy atom. The quantitative estimate of drug-likeness (QED) is 0.851. The van der Waals surface area contributed by atoms with E-state index in [1.54, 1.807) is 0 Å². The maximum Gasteiger partial charge on any atom is 0.159 e. The van der Waals surface area contributed by atoms with Crippen molar-refractivity contribution in [2.45, 2.75) is 39.2 Å². The van der Waals surface area contributed by atoms with Crippen LogP contribution in [-0.4, -0.2) is 23.1 Å². The van der Waals surface area contributed by atoms with Crippen LogP contribution in [0.5, 0.6) is 0 Å². The van der Waals surface area contributed by atoms with Crippen LogP contribution in [0, 0.1) is 10.5 Å². The molecule has 4 nitrogen and oxygen atoms in total. The van der Waals surface area contributed by atoms with E-state index in [1.165, 1.54) is 0 Å². The van der Waals surface area contributed by atoms with Gasteiger partial charge in [-0.15, -0.1) is 0 Å². The van der Waals surface area contributed by atoms with Gasteiger partial charge in [0, 0.05) is 13.2 Å². The summed E-state index contributed by atoms with van der Waals surface area (Å²) in [7, 11) is 0. The highest BCUT2D eigenvalue weighted by Gasteiger charge is 2.22. The van der Waals surface area contributed by atoms with Crippen LogP contribution in [0.15, 0.2) is 0 Å². The average Bonchev–Trinajstić information content (AvgIpc) is 2.84. The molecule has 1 aliphatic heterocycles. The molecular weight excluding hydrogens is 329 g/mol. The maximum absolute atomic E-state index is 5.64. The van der Waals surface area contributed by atoms with Crippen molar-refractivity contribution in [2.75, 3.05) is 18.5 Å². The lowest BCUT2D eigenvalue weighted by Crippen LogP contribution is -2.11. The first kappa shape index (κ1) is 13.0. The number of hydrogen-bond acceptors (Lipinski definition) is 4. The van der Waals surface area contributed by atoms with Gasteiger partial charge in [-0.2, -0.15) is 0 Å². The van der Waals surface area contributed by atoms with E-state index in [0.29, 0.717) is 0 Å². The minimum Gasteiger partial charge on any atom is -0.370 e. The first-order valence-corrected chi connectivity index (χ1v) is 7.19. The Kier molecular flexibility index (Phi) is 4.55. The van der Waals surface area contributed by atoms with Gasteiger partial charge >= 0.3 is 0 Å². The van der Waals surface area contributed by atoms with Gasteiger partial charge in [-0.05, 0) is 48.8 Å². The van der Waals surface area contributed by atoms with Gasteiger partial charge in [0.1, 0.15) is 11.9 Å². The predicted octanol–water partition coefficient (Wildman–Crippen LogP) is 3.06. The number of hydrogen-bond donors (Lipinski definition) is 1. The Labute approximate surface area is 116 Å². The zero-order valence-corrected chi connectivity index (χ0v) is 12.5. The second-order valence-electron chi connectivity index (χ2n) is 4.26. The van der Waals surface area contributed by atoms with E-state index in [1.807, 2.05) is 6.92 Å². The fourth-order valence-corrected chi connectivity index (χ4v) is 2.30. The third kappa shape index (κ3) is 3.07. The molecular formula is C12H18IN3O. The largest absolute Gasteiger partial charge is 0.370 e. The summed E-state index contributed by atoms with van der Waals surface area (Å²) in [6.45, 7) is 5.95. The van der Waals surface area contributed by atoms with Crippen molar-refractivity contribution in [3.8, 4) is 0 Å². The fraction of sp³-hybridized carbons (Fsp3) is 0.667. The van der Waals surface area contributed by atoms with E-state index in [4.69, 9.17) is 4.74 Å². The number of aromatic nitrogens is 2. The Morgan fingerprint density at radius 1 is 1.47 bits per heavy atom.